The molecule has 154 valence electrons. The number of nitrogens with zero attached hydrogens (tertiary/aromatic N) is 1. The number of hydrogen-bond donors (Lipinski definition) is 0. The number of amides is 1. The summed E-state index contributed by atoms with van der Waals surface area (Å²) in [5.41, 5.74) is -0.364. The number of carbonyl (C=O) groups is 1. The van der Waals surface area contributed by atoms with Crippen LogP contribution in [-0.4, -0.2) is 31.5 Å². The van der Waals surface area contributed by atoms with E-state index in [1.165, 1.54) is 11.8 Å². The molecule has 1 heterocycles. The molecule has 0 aliphatic carbocycles. The molecule has 2 aromatic rings. The summed E-state index contributed by atoms with van der Waals surface area (Å²) in [6, 6.07) is 12.6. The molecule has 0 saturated heterocycles. The van der Waals surface area contributed by atoms with Gasteiger partial charge in [0.15, 0.2) is 9.84 Å². The lowest BCUT2D eigenvalue weighted by Gasteiger charge is -2.25. The third-order valence-corrected chi connectivity index (χ3v) is 6.84. The maximum Gasteiger partial charge on any atom is 0.416 e. The van der Waals surface area contributed by atoms with Crippen molar-refractivity contribution in [3.63, 3.8) is 0 Å². The third-order valence-electron chi connectivity index (χ3n) is 4.81. The van der Waals surface area contributed by atoms with E-state index in [-0.39, 0.29) is 23.1 Å². The number of benzene rings is 2. The predicted octanol–water partition coefficient (Wildman–Crippen LogP) is 4.39. The second-order valence-electron chi connectivity index (χ2n) is 7.44. The van der Waals surface area contributed by atoms with Gasteiger partial charge in [-0.15, -0.1) is 0 Å². The van der Waals surface area contributed by atoms with Gasteiger partial charge in [0.1, 0.15) is 0 Å². The van der Waals surface area contributed by atoms with Gasteiger partial charge < -0.3 is 4.90 Å². The van der Waals surface area contributed by atoms with Crippen molar-refractivity contribution in [1.29, 1.82) is 0 Å². The minimum Gasteiger partial charge on any atom is -0.311 e. The topological polar surface area (TPSA) is 54.5 Å². The van der Waals surface area contributed by atoms with Gasteiger partial charge in [-0.05, 0) is 29.8 Å². The highest BCUT2D eigenvalue weighted by molar-refractivity contribution is 7.91. The quantitative estimate of drug-likeness (QED) is 0.733. The van der Waals surface area contributed by atoms with Crippen LogP contribution in [0.2, 0.25) is 0 Å². The Balaban J connectivity index is 1.92. The second kappa shape index (κ2) is 7.33. The number of sulfone groups is 1. The van der Waals surface area contributed by atoms with Gasteiger partial charge in [-0.2, -0.15) is 13.2 Å². The maximum atomic E-state index is 12.9. The highest BCUT2D eigenvalue weighted by atomic mass is 32.2. The SMILES string of the molecule is CC(=O)N1CC(C)(CS(=O)(=O)c2ccc(C(F)(F)F)cc2)C=C1c1ccccc1. The maximum absolute atomic E-state index is 12.9. The smallest absolute Gasteiger partial charge is 0.311 e. The molecular formula is C21H20F3NO3S. The first-order chi connectivity index (χ1) is 13.4. The Bertz CT molecular complexity index is 1040. The number of rotatable bonds is 4. The Kier molecular flexibility index (Phi) is 5.34. The molecule has 4 nitrogen and oxygen atoms in total. The Morgan fingerprint density at radius 1 is 1.07 bits per heavy atom. The molecule has 0 spiro atoms. The van der Waals surface area contributed by atoms with Crippen LogP contribution < -0.4 is 0 Å². The predicted molar refractivity (Wildman–Crippen MR) is 103 cm³/mol. The van der Waals surface area contributed by atoms with Crippen molar-refractivity contribution in [3.05, 3.63) is 71.8 Å². The van der Waals surface area contributed by atoms with Crippen molar-refractivity contribution in [2.45, 2.75) is 24.9 Å². The van der Waals surface area contributed by atoms with E-state index in [0.29, 0.717) is 5.70 Å². The van der Waals surface area contributed by atoms with E-state index in [4.69, 9.17) is 0 Å². The Labute approximate surface area is 167 Å². The average Bonchev–Trinajstić information content (AvgIpc) is 2.99. The zero-order valence-electron chi connectivity index (χ0n) is 15.9. The van der Waals surface area contributed by atoms with Crippen LogP contribution in [0.5, 0.6) is 0 Å². The molecule has 0 N–H and O–H groups in total. The molecule has 1 unspecified atom stereocenters. The van der Waals surface area contributed by atoms with Crippen molar-refractivity contribution in [2.75, 3.05) is 12.3 Å². The molecule has 3 rings (SSSR count). The van der Waals surface area contributed by atoms with Crippen molar-refractivity contribution in [3.8, 4) is 0 Å². The van der Waals surface area contributed by atoms with Gasteiger partial charge in [-0.1, -0.05) is 43.3 Å². The molecule has 0 aromatic heterocycles. The van der Waals surface area contributed by atoms with E-state index in [9.17, 15) is 26.4 Å². The number of carbonyl (C=O) groups excluding carboxylic acids is 1. The lowest BCUT2D eigenvalue weighted by atomic mass is 9.94. The summed E-state index contributed by atoms with van der Waals surface area (Å²) in [5.74, 6) is -0.540. The van der Waals surface area contributed by atoms with Gasteiger partial charge in [0.2, 0.25) is 5.91 Å². The average molecular weight is 423 g/mol. The van der Waals surface area contributed by atoms with Crippen molar-refractivity contribution >= 4 is 21.4 Å². The zero-order valence-corrected chi connectivity index (χ0v) is 16.7. The summed E-state index contributed by atoms with van der Waals surface area (Å²) >= 11 is 0. The van der Waals surface area contributed by atoms with E-state index in [0.717, 1.165) is 29.8 Å². The zero-order chi connectivity index (χ0) is 21.4. The van der Waals surface area contributed by atoms with Crippen LogP contribution in [0.15, 0.2) is 65.6 Å². The first-order valence-electron chi connectivity index (χ1n) is 8.88. The molecule has 1 aliphatic heterocycles. The minimum absolute atomic E-state index is 0.173. The summed E-state index contributed by atoms with van der Waals surface area (Å²) in [4.78, 5) is 13.5. The molecule has 0 radical (unpaired) electrons. The lowest BCUT2D eigenvalue weighted by molar-refractivity contribution is -0.137. The highest BCUT2D eigenvalue weighted by Gasteiger charge is 2.40. The largest absolute Gasteiger partial charge is 0.416 e. The fraction of sp³-hybridized carbons (Fsp3) is 0.286. The van der Waals surface area contributed by atoms with Crippen LogP contribution in [-0.2, 0) is 20.8 Å². The summed E-state index contributed by atoms with van der Waals surface area (Å²) < 4.78 is 63.9. The van der Waals surface area contributed by atoms with Crippen LogP contribution >= 0.6 is 0 Å². The lowest BCUT2D eigenvalue weighted by Crippen LogP contribution is -2.34. The standard InChI is InChI=1S/C21H20F3NO3S/c1-15(26)25-13-20(2,12-19(25)16-6-4-3-5-7-16)14-29(27,28)18-10-8-17(9-11-18)21(22,23)24/h3-12H,13-14H2,1-2H3. The first-order valence-corrected chi connectivity index (χ1v) is 10.5. The van der Waals surface area contributed by atoms with E-state index < -0.39 is 27.0 Å². The molecule has 2 aromatic carbocycles. The molecule has 29 heavy (non-hydrogen) atoms. The molecule has 0 saturated carbocycles. The van der Waals surface area contributed by atoms with E-state index in [1.807, 2.05) is 30.3 Å². The van der Waals surface area contributed by atoms with Gasteiger partial charge in [0, 0.05) is 24.6 Å². The highest BCUT2D eigenvalue weighted by Crippen LogP contribution is 2.39. The van der Waals surface area contributed by atoms with Gasteiger partial charge in [0.25, 0.3) is 0 Å². The monoisotopic (exact) mass is 423 g/mol. The summed E-state index contributed by atoms with van der Waals surface area (Å²) in [5, 5.41) is 0. The number of alkyl halides is 3. The molecule has 8 heteroatoms. The molecule has 1 aliphatic rings. The summed E-state index contributed by atoms with van der Waals surface area (Å²) in [7, 11) is -3.87. The van der Waals surface area contributed by atoms with Crippen molar-refractivity contribution in [2.24, 2.45) is 5.41 Å². The Morgan fingerprint density at radius 3 is 2.17 bits per heavy atom. The number of hydrogen-bond acceptors (Lipinski definition) is 3. The molecule has 0 bridgehead atoms. The van der Waals surface area contributed by atoms with Gasteiger partial charge in [-0.3, -0.25) is 4.79 Å². The van der Waals surface area contributed by atoms with Gasteiger partial charge >= 0.3 is 6.18 Å². The van der Waals surface area contributed by atoms with E-state index in [2.05, 4.69) is 0 Å². The second-order valence-corrected chi connectivity index (χ2v) is 9.43. The van der Waals surface area contributed by atoms with Gasteiger partial charge in [-0.25, -0.2) is 8.42 Å². The molecular weight excluding hydrogens is 403 g/mol. The summed E-state index contributed by atoms with van der Waals surface area (Å²) in [6.45, 7) is 3.31. The van der Waals surface area contributed by atoms with Crippen LogP contribution in [0.3, 0.4) is 0 Å². The Hall–Kier alpha value is -2.61. The van der Waals surface area contributed by atoms with Crippen molar-refractivity contribution in [1.82, 2.24) is 4.90 Å². The van der Waals surface area contributed by atoms with Crippen LogP contribution in [0, 0.1) is 5.41 Å². The molecule has 1 atom stereocenters. The van der Waals surface area contributed by atoms with E-state index in [1.54, 1.807) is 13.0 Å². The summed E-state index contributed by atoms with van der Waals surface area (Å²) in [6.07, 6.45) is -2.78. The van der Waals surface area contributed by atoms with Gasteiger partial charge in [0.05, 0.1) is 16.2 Å². The fourth-order valence-electron chi connectivity index (χ4n) is 3.49. The normalized spacial score (nSPS) is 19.9. The first kappa shape index (κ1) is 21.1. The van der Waals surface area contributed by atoms with Crippen LogP contribution in [0.1, 0.15) is 25.0 Å². The fourth-order valence-corrected chi connectivity index (χ4v) is 5.25. The Morgan fingerprint density at radius 2 is 1.66 bits per heavy atom. The number of halogens is 3. The molecule has 0 fully saturated rings. The molecule has 1 amide bonds. The van der Waals surface area contributed by atoms with Crippen molar-refractivity contribution < 1.29 is 26.4 Å². The third kappa shape index (κ3) is 4.53. The van der Waals surface area contributed by atoms with Crippen LogP contribution in [0.4, 0.5) is 13.2 Å². The van der Waals surface area contributed by atoms with Crippen LogP contribution in [0.25, 0.3) is 5.70 Å². The minimum atomic E-state index is -4.53. The van der Waals surface area contributed by atoms with E-state index >= 15 is 0 Å².